The molecule has 0 aliphatic carbocycles. The van der Waals surface area contributed by atoms with Crippen LogP contribution in [0.3, 0.4) is 0 Å². The van der Waals surface area contributed by atoms with E-state index in [1.54, 1.807) is 13.3 Å². The first kappa shape index (κ1) is 18.3. The van der Waals surface area contributed by atoms with E-state index < -0.39 is 0 Å². The van der Waals surface area contributed by atoms with Crippen LogP contribution < -0.4 is 14.8 Å². The van der Waals surface area contributed by atoms with Gasteiger partial charge in [-0.1, -0.05) is 23.4 Å². The highest BCUT2D eigenvalue weighted by Gasteiger charge is 2.05. The van der Waals surface area contributed by atoms with Crippen LogP contribution in [0.15, 0.2) is 53.7 Å². The molecule has 0 saturated carbocycles. The quantitative estimate of drug-likeness (QED) is 0.562. The van der Waals surface area contributed by atoms with Gasteiger partial charge in [0.05, 0.1) is 19.9 Å². The molecule has 2 aromatic rings. The average molecular weight is 342 g/mol. The van der Waals surface area contributed by atoms with Crippen LogP contribution in [-0.2, 0) is 16.2 Å². The number of hydrogen-bond donors (Lipinski definition) is 1. The van der Waals surface area contributed by atoms with E-state index >= 15 is 0 Å². The number of carbonyl (C=O) groups is 1. The first-order valence-corrected chi connectivity index (χ1v) is 7.99. The first-order chi connectivity index (χ1) is 12.2. The van der Waals surface area contributed by atoms with Gasteiger partial charge in [0, 0.05) is 12.1 Å². The Balaban J connectivity index is 1.72. The molecule has 0 spiro atoms. The van der Waals surface area contributed by atoms with Crippen molar-refractivity contribution in [2.24, 2.45) is 5.16 Å². The Bertz CT molecular complexity index is 699. The second-order valence-corrected chi connectivity index (χ2v) is 5.10. The van der Waals surface area contributed by atoms with E-state index in [0.29, 0.717) is 13.2 Å². The largest absolute Gasteiger partial charge is 0.496 e. The van der Waals surface area contributed by atoms with Crippen molar-refractivity contribution in [3.05, 3.63) is 59.7 Å². The molecular formula is C19H22N2O4. The van der Waals surface area contributed by atoms with E-state index in [0.717, 1.165) is 22.6 Å². The van der Waals surface area contributed by atoms with Crippen molar-refractivity contribution in [3.8, 4) is 11.5 Å². The van der Waals surface area contributed by atoms with E-state index in [2.05, 4.69) is 10.5 Å². The minimum Gasteiger partial charge on any atom is -0.496 e. The molecule has 1 N–H and O–H groups in total. The number of nitrogens with one attached hydrogen (secondary N) is 1. The van der Waals surface area contributed by atoms with Gasteiger partial charge in [-0.2, -0.15) is 0 Å². The molecule has 0 aliphatic rings. The molecule has 0 saturated heterocycles. The minimum absolute atomic E-state index is 0.150. The third kappa shape index (κ3) is 6.18. The summed E-state index contributed by atoms with van der Waals surface area (Å²) in [4.78, 5) is 16.8. The van der Waals surface area contributed by atoms with Crippen LogP contribution >= 0.6 is 0 Å². The van der Waals surface area contributed by atoms with Crippen molar-refractivity contribution in [1.82, 2.24) is 5.32 Å². The molecule has 1 amide bonds. The number of ether oxygens (including phenoxy) is 2. The first-order valence-electron chi connectivity index (χ1n) is 7.99. The van der Waals surface area contributed by atoms with Gasteiger partial charge in [-0.05, 0) is 42.8 Å². The van der Waals surface area contributed by atoms with E-state index in [9.17, 15) is 4.79 Å². The van der Waals surface area contributed by atoms with Crippen molar-refractivity contribution in [3.63, 3.8) is 0 Å². The number of nitrogens with zero attached hydrogens (tertiary/aromatic N) is 1. The van der Waals surface area contributed by atoms with E-state index in [1.165, 1.54) is 0 Å². The van der Waals surface area contributed by atoms with E-state index in [4.69, 9.17) is 14.3 Å². The fraction of sp³-hybridized carbons (Fsp3) is 0.263. The van der Waals surface area contributed by atoms with Crippen molar-refractivity contribution < 1.29 is 19.1 Å². The highest BCUT2D eigenvalue weighted by molar-refractivity contribution is 5.80. The Morgan fingerprint density at radius 3 is 2.64 bits per heavy atom. The summed E-state index contributed by atoms with van der Waals surface area (Å²) in [5.74, 6) is 1.28. The number of oxime groups is 1. The van der Waals surface area contributed by atoms with Gasteiger partial charge in [-0.15, -0.1) is 0 Å². The zero-order chi connectivity index (χ0) is 17.9. The normalized spacial score (nSPS) is 10.5. The number of amides is 1. The molecule has 2 aromatic carbocycles. The standard InChI is InChI=1S/C19H22N2O4/c1-3-24-17-10-8-15(9-11-17)12-21-25-14-19(22)20-13-16-6-4-5-7-18(16)23-2/h4-12H,3,13-14H2,1-2H3,(H,20,22)/b21-12-. The van der Waals surface area contributed by atoms with Crippen LogP contribution in [0.4, 0.5) is 0 Å². The van der Waals surface area contributed by atoms with Gasteiger partial charge in [-0.3, -0.25) is 4.79 Å². The van der Waals surface area contributed by atoms with Gasteiger partial charge in [-0.25, -0.2) is 0 Å². The summed E-state index contributed by atoms with van der Waals surface area (Å²) >= 11 is 0. The lowest BCUT2D eigenvalue weighted by Gasteiger charge is -2.09. The van der Waals surface area contributed by atoms with Crippen LogP contribution in [0.5, 0.6) is 11.5 Å². The van der Waals surface area contributed by atoms with Crippen LogP contribution in [0, 0.1) is 0 Å². The molecule has 0 bridgehead atoms. The molecule has 0 heterocycles. The lowest BCUT2D eigenvalue weighted by Crippen LogP contribution is -2.26. The maximum atomic E-state index is 11.8. The molecule has 25 heavy (non-hydrogen) atoms. The number of rotatable bonds is 9. The van der Waals surface area contributed by atoms with Crippen LogP contribution in [-0.4, -0.2) is 32.4 Å². The predicted octanol–water partition coefficient (Wildman–Crippen LogP) is 2.76. The minimum atomic E-state index is -0.255. The summed E-state index contributed by atoms with van der Waals surface area (Å²) < 4.78 is 10.6. The van der Waals surface area contributed by atoms with Crippen LogP contribution in [0.1, 0.15) is 18.1 Å². The fourth-order valence-corrected chi connectivity index (χ4v) is 2.10. The average Bonchev–Trinajstić information content (AvgIpc) is 2.65. The summed E-state index contributed by atoms with van der Waals surface area (Å²) in [6.07, 6.45) is 1.54. The van der Waals surface area contributed by atoms with Gasteiger partial charge < -0.3 is 19.6 Å². The fourth-order valence-electron chi connectivity index (χ4n) is 2.10. The SMILES string of the molecule is CCOc1ccc(/C=N\OCC(=O)NCc2ccccc2OC)cc1. The second kappa shape index (κ2) is 9.97. The number of para-hydroxylation sites is 1. The molecule has 2 rings (SSSR count). The smallest absolute Gasteiger partial charge is 0.261 e. The molecule has 0 aromatic heterocycles. The second-order valence-electron chi connectivity index (χ2n) is 5.10. The summed E-state index contributed by atoms with van der Waals surface area (Å²) in [6.45, 7) is 2.78. The van der Waals surface area contributed by atoms with Gasteiger partial charge in [0.15, 0.2) is 6.61 Å². The molecule has 6 nitrogen and oxygen atoms in total. The monoisotopic (exact) mass is 342 g/mol. The van der Waals surface area contributed by atoms with Crippen molar-refractivity contribution in [2.45, 2.75) is 13.5 Å². The molecule has 0 radical (unpaired) electrons. The maximum absolute atomic E-state index is 11.8. The zero-order valence-electron chi connectivity index (χ0n) is 14.4. The number of carbonyl (C=O) groups excluding carboxylic acids is 1. The highest BCUT2D eigenvalue weighted by atomic mass is 16.6. The Labute approximate surface area is 147 Å². The topological polar surface area (TPSA) is 69.2 Å². The van der Waals surface area contributed by atoms with Gasteiger partial charge in [0.2, 0.25) is 0 Å². The lowest BCUT2D eigenvalue weighted by molar-refractivity contribution is -0.125. The maximum Gasteiger partial charge on any atom is 0.261 e. The molecule has 6 heteroatoms. The van der Waals surface area contributed by atoms with E-state index in [1.807, 2.05) is 55.5 Å². The van der Waals surface area contributed by atoms with Gasteiger partial charge >= 0.3 is 0 Å². The molecule has 132 valence electrons. The summed E-state index contributed by atoms with van der Waals surface area (Å²) in [6, 6.07) is 14.9. The Morgan fingerprint density at radius 2 is 1.92 bits per heavy atom. The van der Waals surface area contributed by atoms with Crippen molar-refractivity contribution in [1.29, 1.82) is 0 Å². The van der Waals surface area contributed by atoms with Gasteiger partial charge in [0.25, 0.3) is 5.91 Å². The van der Waals surface area contributed by atoms with Gasteiger partial charge in [0.1, 0.15) is 11.5 Å². The molecule has 0 fully saturated rings. The van der Waals surface area contributed by atoms with Crippen LogP contribution in [0.25, 0.3) is 0 Å². The molecular weight excluding hydrogens is 320 g/mol. The highest BCUT2D eigenvalue weighted by Crippen LogP contribution is 2.16. The van der Waals surface area contributed by atoms with Crippen molar-refractivity contribution >= 4 is 12.1 Å². The Kier molecular flexibility index (Phi) is 7.31. The summed E-state index contributed by atoms with van der Waals surface area (Å²) in [5.41, 5.74) is 1.76. The Morgan fingerprint density at radius 1 is 1.16 bits per heavy atom. The zero-order valence-corrected chi connectivity index (χ0v) is 14.4. The number of hydrogen-bond acceptors (Lipinski definition) is 5. The molecule has 0 aliphatic heterocycles. The third-order valence-corrected chi connectivity index (χ3v) is 3.33. The van der Waals surface area contributed by atoms with Crippen LogP contribution in [0.2, 0.25) is 0 Å². The lowest BCUT2D eigenvalue weighted by atomic mass is 10.2. The number of methoxy groups -OCH3 is 1. The Hall–Kier alpha value is -3.02. The van der Waals surface area contributed by atoms with E-state index in [-0.39, 0.29) is 12.5 Å². The third-order valence-electron chi connectivity index (χ3n) is 3.33. The van der Waals surface area contributed by atoms with Crippen molar-refractivity contribution in [2.75, 3.05) is 20.3 Å². The summed E-state index contributed by atoms with van der Waals surface area (Å²) in [5, 5.41) is 6.55. The molecule has 0 atom stereocenters. The summed E-state index contributed by atoms with van der Waals surface area (Å²) in [7, 11) is 1.60. The number of benzene rings is 2. The predicted molar refractivity (Wildman–Crippen MR) is 96.0 cm³/mol. The molecule has 0 unspecified atom stereocenters.